The molecule has 1 heterocycles. The van der Waals surface area contributed by atoms with Crippen LogP contribution in [0, 0.1) is 0 Å². The average molecular weight is 272 g/mol. The van der Waals surface area contributed by atoms with E-state index in [1.54, 1.807) is 0 Å². The summed E-state index contributed by atoms with van der Waals surface area (Å²) in [6.07, 6.45) is 4.81. The molecular weight excluding hydrogens is 256 g/mol. The van der Waals surface area contributed by atoms with E-state index >= 15 is 0 Å². The molecule has 20 heavy (non-hydrogen) atoms. The van der Waals surface area contributed by atoms with E-state index in [0.29, 0.717) is 5.82 Å². The number of hydrogen-bond acceptors (Lipinski definition) is 5. The van der Waals surface area contributed by atoms with Gasteiger partial charge in [-0.15, -0.1) is 0 Å². The second-order valence-corrected chi connectivity index (χ2v) is 5.15. The number of benzene rings is 1. The number of anilines is 1. The molecule has 1 fully saturated rings. The molecule has 1 aliphatic carbocycles. The molecule has 1 aromatic carbocycles. The minimum Gasteiger partial charge on any atom is -0.342 e. The van der Waals surface area contributed by atoms with Gasteiger partial charge in [0.05, 0.1) is 5.54 Å². The lowest BCUT2D eigenvalue weighted by Crippen LogP contribution is -2.48. The van der Waals surface area contributed by atoms with Crippen LogP contribution in [-0.2, 0) is 4.79 Å². The van der Waals surface area contributed by atoms with Crippen LogP contribution in [0.5, 0.6) is 0 Å². The Morgan fingerprint density at radius 1 is 1.25 bits per heavy atom. The Morgan fingerprint density at radius 2 is 1.95 bits per heavy atom. The van der Waals surface area contributed by atoms with Crippen molar-refractivity contribution >= 4 is 11.6 Å². The Balaban J connectivity index is 1.71. The van der Waals surface area contributed by atoms with Crippen LogP contribution in [0.15, 0.2) is 35.2 Å². The number of hydrogen-bond donors (Lipinski definition) is 2. The van der Waals surface area contributed by atoms with Crippen LogP contribution in [-0.4, -0.2) is 21.6 Å². The van der Waals surface area contributed by atoms with Crippen molar-refractivity contribution < 1.29 is 9.32 Å². The first kappa shape index (κ1) is 12.8. The molecule has 6 nitrogen and oxygen atoms in total. The van der Waals surface area contributed by atoms with Crippen molar-refractivity contribution in [3.8, 4) is 11.4 Å². The highest BCUT2D eigenvalue weighted by Crippen LogP contribution is 2.28. The summed E-state index contributed by atoms with van der Waals surface area (Å²) >= 11 is 0. The molecule has 0 radical (unpaired) electrons. The van der Waals surface area contributed by atoms with Crippen molar-refractivity contribution in [3.63, 3.8) is 0 Å². The monoisotopic (exact) mass is 272 g/mol. The van der Waals surface area contributed by atoms with Gasteiger partial charge < -0.3 is 15.6 Å². The number of nitrogens with two attached hydrogens (primary N) is 1. The van der Waals surface area contributed by atoms with E-state index in [0.717, 1.165) is 36.9 Å². The Morgan fingerprint density at radius 3 is 2.55 bits per heavy atom. The Labute approximate surface area is 116 Å². The van der Waals surface area contributed by atoms with Gasteiger partial charge in [-0.05, 0) is 37.1 Å². The number of amides is 1. The van der Waals surface area contributed by atoms with Crippen LogP contribution in [0.3, 0.4) is 0 Å². The minimum atomic E-state index is -0.716. The van der Waals surface area contributed by atoms with E-state index in [4.69, 9.17) is 10.3 Å². The molecule has 0 saturated heterocycles. The summed E-state index contributed by atoms with van der Waals surface area (Å²) in [5.41, 5.74) is 6.95. The van der Waals surface area contributed by atoms with Crippen molar-refractivity contribution in [2.45, 2.75) is 31.2 Å². The van der Waals surface area contributed by atoms with Gasteiger partial charge in [0.25, 0.3) is 0 Å². The van der Waals surface area contributed by atoms with Gasteiger partial charge >= 0.3 is 0 Å². The molecule has 0 aliphatic heterocycles. The zero-order valence-corrected chi connectivity index (χ0v) is 11.0. The number of nitrogens with one attached hydrogen (secondary N) is 1. The molecule has 6 heteroatoms. The van der Waals surface area contributed by atoms with Crippen LogP contribution in [0.1, 0.15) is 25.7 Å². The van der Waals surface area contributed by atoms with E-state index in [-0.39, 0.29) is 5.91 Å². The molecule has 3 rings (SSSR count). The van der Waals surface area contributed by atoms with E-state index in [1.165, 1.54) is 6.39 Å². The summed E-state index contributed by atoms with van der Waals surface area (Å²) in [4.78, 5) is 16.1. The molecule has 2 aromatic rings. The van der Waals surface area contributed by atoms with Gasteiger partial charge in [-0.1, -0.05) is 18.0 Å². The first-order valence-electron chi connectivity index (χ1n) is 6.64. The Kier molecular flexibility index (Phi) is 3.23. The van der Waals surface area contributed by atoms with E-state index in [1.807, 2.05) is 24.3 Å². The van der Waals surface area contributed by atoms with Crippen molar-refractivity contribution in [3.05, 3.63) is 30.7 Å². The predicted octanol–water partition coefficient (Wildman–Crippen LogP) is 1.95. The second kappa shape index (κ2) is 5.05. The predicted molar refractivity (Wildman–Crippen MR) is 73.8 cm³/mol. The van der Waals surface area contributed by atoms with Crippen LogP contribution in [0.25, 0.3) is 11.4 Å². The maximum absolute atomic E-state index is 12.2. The summed E-state index contributed by atoms with van der Waals surface area (Å²) in [5, 5.41) is 6.63. The first-order valence-corrected chi connectivity index (χ1v) is 6.64. The number of carbonyl (C=O) groups excluding carboxylic acids is 1. The number of aromatic nitrogens is 2. The topological polar surface area (TPSA) is 94.0 Å². The van der Waals surface area contributed by atoms with Crippen molar-refractivity contribution in [1.82, 2.24) is 10.1 Å². The first-order chi connectivity index (χ1) is 9.67. The fourth-order valence-electron chi connectivity index (χ4n) is 2.49. The molecule has 1 amide bonds. The van der Waals surface area contributed by atoms with Gasteiger partial charge in [0, 0.05) is 11.3 Å². The summed E-state index contributed by atoms with van der Waals surface area (Å²) in [5.74, 6) is 0.413. The molecule has 3 N–H and O–H groups in total. The smallest absolute Gasteiger partial charge is 0.244 e. The van der Waals surface area contributed by atoms with Crippen molar-refractivity contribution in [2.24, 2.45) is 5.73 Å². The SMILES string of the molecule is NC1(C(=O)Nc2ccc(-c3ncon3)cc2)CCCC1. The molecular formula is C14H16N4O2. The van der Waals surface area contributed by atoms with Crippen molar-refractivity contribution in [2.75, 3.05) is 5.32 Å². The lowest BCUT2D eigenvalue weighted by molar-refractivity contribution is -0.121. The summed E-state index contributed by atoms with van der Waals surface area (Å²) in [6.45, 7) is 0. The molecule has 0 spiro atoms. The van der Waals surface area contributed by atoms with Gasteiger partial charge in [-0.25, -0.2) is 0 Å². The quantitative estimate of drug-likeness (QED) is 0.890. The minimum absolute atomic E-state index is 0.109. The summed E-state index contributed by atoms with van der Waals surface area (Å²) < 4.78 is 4.70. The maximum atomic E-state index is 12.2. The molecule has 0 atom stereocenters. The lowest BCUT2D eigenvalue weighted by atomic mass is 9.98. The van der Waals surface area contributed by atoms with Crippen molar-refractivity contribution in [1.29, 1.82) is 0 Å². The fourth-order valence-corrected chi connectivity index (χ4v) is 2.49. The molecule has 104 valence electrons. The largest absolute Gasteiger partial charge is 0.342 e. The molecule has 1 aliphatic rings. The highest BCUT2D eigenvalue weighted by molar-refractivity contribution is 5.98. The Bertz CT molecular complexity index is 586. The van der Waals surface area contributed by atoms with Gasteiger partial charge in [-0.3, -0.25) is 4.79 Å². The summed E-state index contributed by atoms with van der Waals surface area (Å²) in [6, 6.07) is 7.28. The van der Waals surface area contributed by atoms with Crippen LogP contribution >= 0.6 is 0 Å². The standard InChI is InChI=1S/C14H16N4O2/c15-14(7-1-2-8-14)13(19)17-11-5-3-10(4-6-11)12-16-9-20-18-12/h3-6,9H,1-2,7-8,15H2,(H,17,19). The van der Waals surface area contributed by atoms with E-state index in [9.17, 15) is 4.79 Å². The van der Waals surface area contributed by atoms with Crippen LogP contribution in [0.2, 0.25) is 0 Å². The third-order valence-corrected chi connectivity index (χ3v) is 3.71. The van der Waals surface area contributed by atoms with Gasteiger partial charge in [0.2, 0.25) is 18.1 Å². The zero-order valence-electron chi connectivity index (χ0n) is 11.0. The highest BCUT2D eigenvalue weighted by atomic mass is 16.5. The van der Waals surface area contributed by atoms with Crippen LogP contribution < -0.4 is 11.1 Å². The number of carbonyl (C=O) groups is 1. The Hall–Kier alpha value is -2.21. The zero-order chi connectivity index (χ0) is 14.0. The molecule has 1 aromatic heterocycles. The van der Waals surface area contributed by atoms with Gasteiger partial charge in [-0.2, -0.15) is 4.98 Å². The maximum Gasteiger partial charge on any atom is 0.244 e. The molecule has 1 saturated carbocycles. The fraction of sp³-hybridized carbons (Fsp3) is 0.357. The average Bonchev–Trinajstić information content (AvgIpc) is 3.11. The highest BCUT2D eigenvalue weighted by Gasteiger charge is 2.36. The third kappa shape index (κ3) is 2.42. The van der Waals surface area contributed by atoms with Crippen LogP contribution in [0.4, 0.5) is 5.69 Å². The molecule has 0 unspecified atom stereocenters. The van der Waals surface area contributed by atoms with E-state index in [2.05, 4.69) is 15.5 Å². The normalized spacial score (nSPS) is 17.1. The number of rotatable bonds is 3. The summed E-state index contributed by atoms with van der Waals surface area (Å²) in [7, 11) is 0. The van der Waals surface area contributed by atoms with E-state index < -0.39 is 5.54 Å². The van der Waals surface area contributed by atoms with Gasteiger partial charge in [0.15, 0.2) is 0 Å². The third-order valence-electron chi connectivity index (χ3n) is 3.71. The lowest BCUT2D eigenvalue weighted by Gasteiger charge is -2.22. The molecule has 0 bridgehead atoms. The van der Waals surface area contributed by atoms with Gasteiger partial charge in [0.1, 0.15) is 0 Å². The number of nitrogens with zero attached hydrogens (tertiary/aromatic N) is 2. The second-order valence-electron chi connectivity index (χ2n) is 5.15.